The maximum absolute atomic E-state index is 13.1. The molecule has 0 spiro atoms. The van der Waals surface area contributed by atoms with Gasteiger partial charge in [0, 0.05) is 36.8 Å². The van der Waals surface area contributed by atoms with E-state index in [1.165, 1.54) is 4.31 Å². The van der Waals surface area contributed by atoms with Crippen molar-refractivity contribution < 1.29 is 13.2 Å². The van der Waals surface area contributed by atoms with Crippen LogP contribution in [0.1, 0.15) is 15.9 Å². The first-order valence-corrected chi connectivity index (χ1v) is 13.7. The molecular formula is C25H24Cl2N4O3S2. The molecule has 3 aromatic carbocycles. The van der Waals surface area contributed by atoms with Crippen LogP contribution in [0.5, 0.6) is 0 Å². The second-order valence-electron chi connectivity index (χ2n) is 8.26. The number of aryl methyl sites for hydroxylation is 1. The molecule has 2 N–H and O–H groups in total. The normalized spacial score (nSPS) is 14.4. The van der Waals surface area contributed by atoms with Crippen molar-refractivity contribution in [3.05, 3.63) is 87.9 Å². The van der Waals surface area contributed by atoms with Crippen LogP contribution in [0.2, 0.25) is 10.0 Å². The molecule has 0 radical (unpaired) electrons. The van der Waals surface area contributed by atoms with Crippen LogP contribution < -0.4 is 15.5 Å². The molecule has 4 rings (SSSR count). The largest absolute Gasteiger partial charge is 0.366 e. The lowest BCUT2D eigenvalue weighted by Crippen LogP contribution is -2.49. The molecule has 0 bridgehead atoms. The summed E-state index contributed by atoms with van der Waals surface area (Å²) in [5.74, 6) is -0.373. The van der Waals surface area contributed by atoms with Crippen molar-refractivity contribution in [2.75, 3.05) is 36.4 Å². The number of amides is 1. The van der Waals surface area contributed by atoms with Crippen molar-refractivity contribution in [3.63, 3.8) is 0 Å². The Morgan fingerprint density at radius 1 is 0.917 bits per heavy atom. The van der Waals surface area contributed by atoms with E-state index < -0.39 is 10.0 Å². The topological polar surface area (TPSA) is 81.8 Å². The molecule has 1 amide bonds. The number of anilines is 2. The Balaban J connectivity index is 1.44. The van der Waals surface area contributed by atoms with Gasteiger partial charge in [-0.25, -0.2) is 8.42 Å². The molecule has 11 heteroatoms. The summed E-state index contributed by atoms with van der Waals surface area (Å²) < 4.78 is 27.6. The van der Waals surface area contributed by atoms with Gasteiger partial charge in [-0.2, -0.15) is 4.31 Å². The molecule has 0 unspecified atom stereocenters. The lowest BCUT2D eigenvalue weighted by molar-refractivity contribution is 0.0977. The number of carbonyl (C=O) groups excluding carboxylic acids is 1. The Morgan fingerprint density at radius 2 is 1.56 bits per heavy atom. The third-order valence-corrected chi connectivity index (χ3v) is 8.46. The van der Waals surface area contributed by atoms with E-state index in [2.05, 4.69) is 10.6 Å². The highest BCUT2D eigenvalue weighted by molar-refractivity contribution is 7.89. The van der Waals surface area contributed by atoms with Gasteiger partial charge in [0.25, 0.3) is 5.91 Å². The molecule has 7 nitrogen and oxygen atoms in total. The fourth-order valence-electron chi connectivity index (χ4n) is 3.88. The smallest absolute Gasteiger partial charge is 0.257 e. The zero-order valence-corrected chi connectivity index (χ0v) is 22.5. The first kappa shape index (κ1) is 26.4. The zero-order valence-electron chi connectivity index (χ0n) is 19.4. The number of halogens is 2. The van der Waals surface area contributed by atoms with Gasteiger partial charge in [-0.3, -0.25) is 10.1 Å². The first-order chi connectivity index (χ1) is 17.1. The minimum atomic E-state index is -3.58. The van der Waals surface area contributed by atoms with Gasteiger partial charge in [0.1, 0.15) is 0 Å². The molecule has 0 aromatic heterocycles. The summed E-state index contributed by atoms with van der Waals surface area (Å²) in [4.78, 5) is 14.8. The van der Waals surface area contributed by atoms with E-state index in [9.17, 15) is 13.2 Å². The second-order valence-corrected chi connectivity index (χ2v) is 11.4. The Labute approximate surface area is 226 Å². The average Bonchev–Trinajstić information content (AvgIpc) is 2.85. The molecule has 36 heavy (non-hydrogen) atoms. The maximum atomic E-state index is 13.1. The van der Waals surface area contributed by atoms with Gasteiger partial charge in [-0.1, -0.05) is 47.0 Å². The highest BCUT2D eigenvalue weighted by Crippen LogP contribution is 2.35. The van der Waals surface area contributed by atoms with Crippen LogP contribution in [0.3, 0.4) is 0 Å². The van der Waals surface area contributed by atoms with Gasteiger partial charge in [0.2, 0.25) is 10.0 Å². The fourth-order valence-corrected chi connectivity index (χ4v) is 5.92. The molecule has 1 saturated heterocycles. The Hall–Kier alpha value is -2.69. The fraction of sp³-hybridized carbons (Fsp3) is 0.200. The Morgan fingerprint density at radius 3 is 2.19 bits per heavy atom. The molecule has 3 aromatic rings. The standard InChI is InChI=1S/C25H24Cl2N4O3S2/c1-17-5-11-20(12-6-17)36(33,34)31-15-13-30(14-16-31)23-21(27)3-2-4-22(23)28-25(35)29-24(32)18-7-9-19(26)10-8-18/h2-12H,13-16H2,1H3,(H2,28,29,32,35). The third kappa shape index (κ3) is 5.99. The predicted octanol–water partition coefficient (Wildman–Crippen LogP) is 4.94. The van der Waals surface area contributed by atoms with Crippen molar-refractivity contribution in [1.29, 1.82) is 0 Å². The van der Waals surface area contributed by atoms with E-state index in [1.54, 1.807) is 66.7 Å². The van der Waals surface area contributed by atoms with Crippen LogP contribution in [-0.4, -0.2) is 49.9 Å². The van der Waals surface area contributed by atoms with Gasteiger partial charge < -0.3 is 10.2 Å². The third-order valence-electron chi connectivity index (χ3n) is 5.78. The maximum Gasteiger partial charge on any atom is 0.257 e. The van der Waals surface area contributed by atoms with Crippen LogP contribution in [0.4, 0.5) is 11.4 Å². The number of rotatable bonds is 5. The molecule has 1 heterocycles. The number of piperazine rings is 1. The molecule has 1 aliphatic rings. The van der Waals surface area contributed by atoms with Crippen LogP contribution >= 0.6 is 35.4 Å². The number of benzene rings is 3. The lowest BCUT2D eigenvalue weighted by atomic mass is 10.2. The molecule has 0 aliphatic carbocycles. The number of carbonyl (C=O) groups is 1. The highest BCUT2D eigenvalue weighted by atomic mass is 35.5. The summed E-state index contributed by atoms with van der Waals surface area (Å²) in [5.41, 5.74) is 2.72. The molecule has 0 saturated carbocycles. The van der Waals surface area contributed by atoms with Crippen LogP contribution in [0.25, 0.3) is 0 Å². The molecular weight excluding hydrogens is 539 g/mol. The predicted molar refractivity (Wildman–Crippen MR) is 149 cm³/mol. The summed E-state index contributed by atoms with van der Waals surface area (Å²) in [6.45, 7) is 3.40. The lowest BCUT2D eigenvalue weighted by Gasteiger charge is -2.36. The van der Waals surface area contributed by atoms with Crippen molar-refractivity contribution in [2.24, 2.45) is 0 Å². The van der Waals surface area contributed by atoms with Crippen molar-refractivity contribution in [2.45, 2.75) is 11.8 Å². The second kappa shape index (κ2) is 11.1. The SMILES string of the molecule is Cc1ccc(S(=O)(=O)N2CCN(c3c(Cl)cccc3NC(=S)NC(=O)c3ccc(Cl)cc3)CC2)cc1. The molecule has 1 fully saturated rings. The van der Waals surface area contributed by atoms with E-state index in [-0.39, 0.29) is 15.9 Å². The van der Waals surface area contributed by atoms with Crippen LogP contribution in [-0.2, 0) is 10.0 Å². The van der Waals surface area contributed by atoms with Crippen molar-refractivity contribution >= 4 is 67.8 Å². The van der Waals surface area contributed by atoms with E-state index in [0.717, 1.165) is 5.56 Å². The number of thiocarbonyl (C=S) groups is 1. The minimum Gasteiger partial charge on any atom is -0.366 e. The average molecular weight is 564 g/mol. The van der Waals surface area contributed by atoms with E-state index >= 15 is 0 Å². The van der Waals surface area contributed by atoms with Crippen molar-refractivity contribution in [3.8, 4) is 0 Å². The number of nitrogens with one attached hydrogen (secondary N) is 2. The number of hydrogen-bond donors (Lipinski definition) is 2. The Bertz CT molecular complexity index is 1370. The molecule has 1 aliphatic heterocycles. The number of hydrogen-bond acceptors (Lipinski definition) is 5. The number of para-hydroxylation sites is 1. The van der Waals surface area contributed by atoms with E-state index in [4.69, 9.17) is 35.4 Å². The van der Waals surface area contributed by atoms with Crippen LogP contribution in [0.15, 0.2) is 71.6 Å². The quantitative estimate of drug-likeness (QED) is 0.428. The monoisotopic (exact) mass is 562 g/mol. The van der Waals surface area contributed by atoms with Gasteiger partial charge in [0.15, 0.2) is 5.11 Å². The summed E-state index contributed by atoms with van der Waals surface area (Å²) >= 11 is 17.8. The summed E-state index contributed by atoms with van der Waals surface area (Å²) in [6, 6.07) is 18.6. The van der Waals surface area contributed by atoms with Gasteiger partial charge in [-0.15, -0.1) is 0 Å². The van der Waals surface area contributed by atoms with E-state index in [1.807, 2.05) is 11.8 Å². The Kier molecular flexibility index (Phi) is 8.17. The summed E-state index contributed by atoms with van der Waals surface area (Å²) in [7, 11) is -3.58. The van der Waals surface area contributed by atoms with E-state index in [0.29, 0.717) is 53.2 Å². The zero-order chi connectivity index (χ0) is 25.9. The summed E-state index contributed by atoms with van der Waals surface area (Å²) in [5, 5.41) is 6.83. The van der Waals surface area contributed by atoms with Gasteiger partial charge >= 0.3 is 0 Å². The van der Waals surface area contributed by atoms with Gasteiger partial charge in [-0.05, 0) is 67.7 Å². The number of sulfonamides is 1. The minimum absolute atomic E-state index is 0.110. The number of nitrogens with zero attached hydrogens (tertiary/aromatic N) is 2. The summed E-state index contributed by atoms with van der Waals surface area (Å²) in [6.07, 6.45) is 0. The molecule has 188 valence electrons. The highest BCUT2D eigenvalue weighted by Gasteiger charge is 2.30. The first-order valence-electron chi connectivity index (χ1n) is 11.1. The molecule has 0 atom stereocenters. The van der Waals surface area contributed by atoms with Crippen LogP contribution in [0, 0.1) is 6.92 Å². The van der Waals surface area contributed by atoms with Crippen molar-refractivity contribution in [1.82, 2.24) is 9.62 Å². The van der Waals surface area contributed by atoms with Gasteiger partial charge in [0.05, 0.1) is 21.3 Å².